The van der Waals surface area contributed by atoms with E-state index in [-0.39, 0.29) is 31.1 Å². The molecule has 0 aromatic heterocycles. The molecule has 398 valence electrons. The third kappa shape index (κ3) is 55.0. The molecular weight excluding hydrogens is 865 g/mol. The first kappa shape index (κ1) is 66.1. The van der Waals surface area contributed by atoms with Gasteiger partial charge in [-0.3, -0.25) is 14.4 Å². The summed E-state index contributed by atoms with van der Waals surface area (Å²) in [5.41, 5.74) is 0. The van der Waals surface area contributed by atoms with Crippen molar-refractivity contribution in [2.75, 3.05) is 13.2 Å². The molecule has 1 atom stereocenters. The van der Waals surface area contributed by atoms with E-state index in [1.807, 2.05) is 0 Å². The van der Waals surface area contributed by atoms with Crippen molar-refractivity contribution in [3.63, 3.8) is 0 Å². The van der Waals surface area contributed by atoms with Crippen molar-refractivity contribution in [3.05, 3.63) is 109 Å². The molecule has 6 heteroatoms. The molecule has 0 amide bonds. The van der Waals surface area contributed by atoms with Crippen molar-refractivity contribution < 1.29 is 28.6 Å². The largest absolute Gasteiger partial charge is 0.462 e. The highest BCUT2D eigenvalue weighted by atomic mass is 16.6. The van der Waals surface area contributed by atoms with Crippen molar-refractivity contribution in [1.82, 2.24) is 0 Å². The van der Waals surface area contributed by atoms with E-state index < -0.39 is 6.10 Å². The van der Waals surface area contributed by atoms with Gasteiger partial charge in [0.25, 0.3) is 0 Å². The number of esters is 3. The minimum Gasteiger partial charge on any atom is -0.462 e. The fraction of sp³-hybridized carbons (Fsp3) is 0.672. The molecule has 0 aliphatic carbocycles. The van der Waals surface area contributed by atoms with Crippen LogP contribution >= 0.6 is 0 Å². The molecule has 0 aliphatic heterocycles. The molecule has 0 spiro atoms. The Bertz CT molecular complexity index is 1440. The highest BCUT2D eigenvalue weighted by Gasteiger charge is 2.19. The van der Waals surface area contributed by atoms with Gasteiger partial charge in [-0.25, -0.2) is 0 Å². The van der Waals surface area contributed by atoms with E-state index in [2.05, 4.69) is 130 Å². The van der Waals surface area contributed by atoms with E-state index in [4.69, 9.17) is 14.2 Å². The molecule has 0 rings (SSSR count). The molecule has 6 nitrogen and oxygen atoms in total. The molecule has 0 radical (unpaired) electrons. The van der Waals surface area contributed by atoms with Crippen molar-refractivity contribution in [1.29, 1.82) is 0 Å². The van der Waals surface area contributed by atoms with Crippen LogP contribution in [0.5, 0.6) is 0 Å². The lowest BCUT2D eigenvalue weighted by atomic mass is 10.1. The zero-order valence-electron chi connectivity index (χ0n) is 45.5. The summed E-state index contributed by atoms with van der Waals surface area (Å²) in [5, 5.41) is 0. The van der Waals surface area contributed by atoms with Gasteiger partial charge < -0.3 is 14.2 Å². The van der Waals surface area contributed by atoms with Gasteiger partial charge >= 0.3 is 17.9 Å². The van der Waals surface area contributed by atoms with Crippen molar-refractivity contribution in [2.24, 2.45) is 0 Å². The Labute approximate surface area is 431 Å². The minimum atomic E-state index is -0.802. The lowest BCUT2D eigenvalue weighted by Gasteiger charge is -2.18. The van der Waals surface area contributed by atoms with Crippen LogP contribution in [-0.4, -0.2) is 37.2 Å². The molecule has 0 heterocycles. The van der Waals surface area contributed by atoms with Gasteiger partial charge in [0.15, 0.2) is 6.10 Å². The van der Waals surface area contributed by atoms with Gasteiger partial charge in [0.2, 0.25) is 0 Å². The van der Waals surface area contributed by atoms with Crippen LogP contribution in [0.25, 0.3) is 0 Å². The number of unbranched alkanes of at least 4 members (excludes halogenated alkanes) is 22. The second-order valence-corrected chi connectivity index (χ2v) is 18.8. The van der Waals surface area contributed by atoms with Crippen LogP contribution in [0, 0.1) is 0 Å². The van der Waals surface area contributed by atoms with Crippen LogP contribution in [0.3, 0.4) is 0 Å². The molecule has 0 N–H and O–H groups in total. The Morgan fingerprint density at radius 3 is 0.900 bits per heavy atom. The number of rotatable bonds is 51. The van der Waals surface area contributed by atoms with E-state index in [0.29, 0.717) is 19.3 Å². The van der Waals surface area contributed by atoms with Gasteiger partial charge in [0.05, 0.1) is 0 Å². The molecule has 1 unspecified atom stereocenters. The average Bonchev–Trinajstić information content (AvgIpc) is 3.36. The summed E-state index contributed by atoms with van der Waals surface area (Å²) in [6, 6.07) is 0. The molecule has 0 aliphatic rings. The van der Waals surface area contributed by atoms with E-state index >= 15 is 0 Å². The van der Waals surface area contributed by atoms with E-state index in [9.17, 15) is 14.4 Å². The number of ether oxygens (including phenoxy) is 3. The van der Waals surface area contributed by atoms with Crippen LogP contribution < -0.4 is 0 Å². The Hall–Kier alpha value is -3.93. The Morgan fingerprint density at radius 2 is 0.557 bits per heavy atom. The third-order valence-electron chi connectivity index (χ3n) is 12.0. The molecule has 0 aromatic rings. The SMILES string of the molecule is CC/C=C\C/C=C\C/C=C\C/C=C\C/C=C\CCCCCC(=O)OCC(COC(=O)CCCCCCCC/C=C\C/C=C\C/C=C\CC)OC(=O)CCCCCCCCC/C=C\CCCCCCCC. The standard InChI is InChI=1S/C64H106O6/c1-4-7-10-13-16-19-22-25-28-31-32-34-36-39-42-45-48-51-54-57-63(66)69-60-61(59-68-62(65)56-53-50-47-44-41-38-35-30-27-24-21-18-15-12-9-6-3)70-64(67)58-55-52-49-46-43-40-37-33-29-26-23-20-17-14-11-8-5-2/h7,9-10,12,16,18-19,21,25-30,32,34,39,42,61H,4-6,8,11,13-15,17,20,22-24,31,33,35-38,40-41,43-60H2,1-3H3/b10-7-,12-9-,19-16-,21-18-,28-25-,29-26-,30-27-,34-32-,42-39-. The van der Waals surface area contributed by atoms with Gasteiger partial charge in [0.1, 0.15) is 13.2 Å². The maximum Gasteiger partial charge on any atom is 0.306 e. The van der Waals surface area contributed by atoms with E-state index in [0.717, 1.165) is 128 Å². The van der Waals surface area contributed by atoms with Crippen LogP contribution in [0.15, 0.2) is 109 Å². The monoisotopic (exact) mass is 971 g/mol. The second-order valence-electron chi connectivity index (χ2n) is 18.8. The maximum absolute atomic E-state index is 12.9. The van der Waals surface area contributed by atoms with Gasteiger partial charge in [-0.1, -0.05) is 226 Å². The van der Waals surface area contributed by atoms with Gasteiger partial charge in [-0.15, -0.1) is 0 Å². The Morgan fingerprint density at radius 1 is 0.300 bits per heavy atom. The first-order valence-corrected chi connectivity index (χ1v) is 28.9. The molecule has 0 saturated carbocycles. The summed E-state index contributed by atoms with van der Waals surface area (Å²) in [4.78, 5) is 38.2. The predicted octanol–water partition coefficient (Wildman–Crippen LogP) is 19.5. The van der Waals surface area contributed by atoms with Crippen LogP contribution in [0.2, 0.25) is 0 Å². The summed E-state index contributed by atoms with van der Waals surface area (Å²) >= 11 is 0. The highest BCUT2D eigenvalue weighted by Crippen LogP contribution is 2.14. The number of allylic oxidation sites excluding steroid dienone is 18. The summed E-state index contributed by atoms with van der Waals surface area (Å²) in [7, 11) is 0. The van der Waals surface area contributed by atoms with Crippen LogP contribution in [-0.2, 0) is 28.6 Å². The summed E-state index contributed by atoms with van der Waals surface area (Å²) in [6.45, 7) is 6.37. The fourth-order valence-corrected chi connectivity index (χ4v) is 7.71. The Kier molecular flexibility index (Phi) is 54.4. The lowest BCUT2D eigenvalue weighted by molar-refractivity contribution is -0.167. The summed E-state index contributed by atoms with van der Waals surface area (Å²) < 4.78 is 16.8. The van der Waals surface area contributed by atoms with Crippen LogP contribution in [0.4, 0.5) is 0 Å². The van der Waals surface area contributed by atoms with Gasteiger partial charge in [-0.05, 0) is 122 Å². The molecule has 70 heavy (non-hydrogen) atoms. The predicted molar refractivity (Wildman–Crippen MR) is 302 cm³/mol. The average molecular weight is 972 g/mol. The van der Waals surface area contributed by atoms with Crippen LogP contribution in [0.1, 0.15) is 258 Å². The molecule has 0 fully saturated rings. The first-order valence-electron chi connectivity index (χ1n) is 28.9. The minimum absolute atomic E-state index is 0.0987. The number of carbonyl (C=O) groups excluding carboxylic acids is 3. The smallest absolute Gasteiger partial charge is 0.306 e. The van der Waals surface area contributed by atoms with E-state index in [1.54, 1.807) is 0 Å². The topological polar surface area (TPSA) is 78.9 Å². The summed E-state index contributed by atoms with van der Waals surface area (Å²) in [5.74, 6) is -0.946. The first-order chi connectivity index (χ1) is 34.5. The molecular formula is C64H106O6. The zero-order chi connectivity index (χ0) is 50.7. The molecule has 0 saturated heterocycles. The lowest BCUT2D eigenvalue weighted by Crippen LogP contribution is -2.30. The molecule has 0 bridgehead atoms. The van der Waals surface area contributed by atoms with E-state index in [1.165, 1.54) is 89.9 Å². The quantitative estimate of drug-likeness (QED) is 0.0262. The van der Waals surface area contributed by atoms with Crippen molar-refractivity contribution in [3.8, 4) is 0 Å². The fourth-order valence-electron chi connectivity index (χ4n) is 7.71. The van der Waals surface area contributed by atoms with Gasteiger partial charge in [0, 0.05) is 19.3 Å². The zero-order valence-corrected chi connectivity index (χ0v) is 45.5. The van der Waals surface area contributed by atoms with Crippen molar-refractivity contribution in [2.45, 2.75) is 264 Å². The molecule has 0 aromatic carbocycles. The number of hydrogen-bond acceptors (Lipinski definition) is 6. The van der Waals surface area contributed by atoms with Crippen molar-refractivity contribution >= 4 is 17.9 Å². The number of hydrogen-bond donors (Lipinski definition) is 0. The normalized spacial score (nSPS) is 12.9. The summed E-state index contributed by atoms with van der Waals surface area (Å²) in [6.07, 6.45) is 77.9. The maximum atomic E-state index is 12.9. The highest BCUT2D eigenvalue weighted by molar-refractivity contribution is 5.71. The number of carbonyl (C=O) groups is 3. The third-order valence-corrected chi connectivity index (χ3v) is 12.0. The Balaban J connectivity index is 4.48. The van der Waals surface area contributed by atoms with Gasteiger partial charge in [-0.2, -0.15) is 0 Å². The second kappa shape index (κ2) is 57.6.